The zero-order chi connectivity index (χ0) is 18.7. The van der Waals surface area contributed by atoms with E-state index in [1.165, 1.54) is 0 Å². The molecule has 0 amide bonds. The van der Waals surface area contributed by atoms with Gasteiger partial charge >= 0.3 is 0 Å². The van der Waals surface area contributed by atoms with Gasteiger partial charge in [-0.15, -0.1) is 0 Å². The monoisotopic (exact) mass is 387 g/mol. The summed E-state index contributed by atoms with van der Waals surface area (Å²) in [7, 11) is -4.90. The second kappa shape index (κ2) is 7.33. The molecule has 25 heavy (non-hydrogen) atoms. The zero-order valence-electron chi connectivity index (χ0n) is 14.8. The van der Waals surface area contributed by atoms with Gasteiger partial charge in [0.1, 0.15) is 0 Å². The molecule has 0 aromatic heterocycles. The maximum atomic E-state index is 12.3. The van der Waals surface area contributed by atoms with Crippen LogP contribution in [0.3, 0.4) is 0 Å². The molecule has 1 saturated heterocycles. The van der Waals surface area contributed by atoms with Crippen LogP contribution in [0.4, 0.5) is 0 Å². The molecule has 1 aromatic rings. The highest BCUT2D eigenvalue weighted by atomic mass is 32.2. The summed E-state index contributed by atoms with van der Waals surface area (Å²) in [6.07, 6.45) is 0. The smallest absolute Gasteiger partial charge is 0.193 e. The Morgan fingerprint density at radius 3 is 2.48 bits per heavy atom. The molecule has 7 nitrogen and oxygen atoms in total. The van der Waals surface area contributed by atoms with Crippen LogP contribution in [-0.4, -0.2) is 70.6 Å². The predicted octanol–water partition coefficient (Wildman–Crippen LogP) is 0.545. The normalized spacial score (nSPS) is 20.3. The molecule has 0 saturated carbocycles. The second-order valence-corrected chi connectivity index (χ2v) is 11.5. The van der Waals surface area contributed by atoms with Gasteiger partial charge in [0.25, 0.3) is 0 Å². The first-order valence-corrected chi connectivity index (χ1v) is 11.4. The molecule has 0 atom stereocenters. The van der Waals surface area contributed by atoms with Crippen LogP contribution in [0.15, 0.2) is 40.2 Å². The number of rotatable bonds is 4. The number of sulfone groups is 2. The highest BCUT2D eigenvalue weighted by Crippen LogP contribution is 2.23. The molecule has 1 N–H and O–H groups in total. The Labute approximate surface area is 150 Å². The van der Waals surface area contributed by atoms with Crippen molar-refractivity contribution >= 4 is 25.6 Å². The Bertz CT molecular complexity index is 831. The summed E-state index contributed by atoms with van der Waals surface area (Å²) in [6, 6.07) is 8.29. The molecule has 0 unspecified atom stereocenters. The molecule has 0 aliphatic carbocycles. The standard InChI is InChI=1S/C16H25N3O4S2/c1-16(2)13-19(10-12-25(16,22)23)15(17-3)18-9-11-24(20,21)14-7-5-4-6-8-14/h4-8H,9-13H2,1-3H3,(H,17,18). The fourth-order valence-electron chi connectivity index (χ4n) is 2.70. The lowest BCUT2D eigenvalue weighted by molar-refractivity contribution is 0.354. The first kappa shape index (κ1) is 19.7. The van der Waals surface area contributed by atoms with Gasteiger partial charge in [0.15, 0.2) is 25.6 Å². The Balaban J connectivity index is 1.98. The summed E-state index contributed by atoms with van der Waals surface area (Å²) in [5, 5.41) is 3.03. The summed E-state index contributed by atoms with van der Waals surface area (Å²) in [5.41, 5.74) is 0. The van der Waals surface area contributed by atoms with Crippen molar-refractivity contribution in [2.24, 2.45) is 4.99 Å². The minimum Gasteiger partial charge on any atom is -0.355 e. The highest BCUT2D eigenvalue weighted by molar-refractivity contribution is 7.92. The molecule has 0 bridgehead atoms. The lowest BCUT2D eigenvalue weighted by atomic mass is 10.2. The maximum Gasteiger partial charge on any atom is 0.193 e. The van der Waals surface area contributed by atoms with Gasteiger partial charge in [-0.2, -0.15) is 0 Å². The zero-order valence-corrected chi connectivity index (χ0v) is 16.4. The van der Waals surface area contributed by atoms with Crippen molar-refractivity contribution in [1.82, 2.24) is 10.2 Å². The fourth-order valence-corrected chi connectivity index (χ4v) is 5.24. The van der Waals surface area contributed by atoms with Gasteiger partial charge in [0, 0.05) is 26.7 Å². The number of hydrogen-bond acceptors (Lipinski definition) is 5. The molecule has 140 valence electrons. The van der Waals surface area contributed by atoms with E-state index in [1.807, 2.05) is 4.90 Å². The molecule has 1 aromatic carbocycles. The summed E-state index contributed by atoms with van der Waals surface area (Å²) in [6.45, 7) is 4.26. The summed E-state index contributed by atoms with van der Waals surface area (Å²) >= 11 is 0. The van der Waals surface area contributed by atoms with E-state index in [0.717, 1.165) is 0 Å². The third-order valence-corrected chi connectivity index (χ3v) is 8.58. The van der Waals surface area contributed by atoms with Gasteiger partial charge in [0.05, 0.1) is 21.1 Å². The van der Waals surface area contributed by atoms with Crippen LogP contribution in [0, 0.1) is 0 Å². The van der Waals surface area contributed by atoms with Crippen molar-refractivity contribution in [3.63, 3.8) is 0 Å². The van der Waals surface area contributed by atoms with E-state index in [1.54, 1.807) is 51.2 Å². The van der Waals surface area contributed by atoms with Gasteiger partial charge in [-0.05, 0) is 26.0 Å². The fraction of sp³-hybridized carbons (Fsp3) is 0.562. The number of nitrogens with zero attached hydrogens (tertiary/aromatic N) is 2. The maximum absolute atomic E-state index is 12.3. The van der Waals surface area contributed by atoms with E-state index >= 15 is 0 Å². The van der Waals surface area contributed by atoms with E-state index in [9.17, 15) is 16.8 Å². The minimum absolute atomic E-state index is 0.0585. The van der Waals surface area contributed by atoms with Crippen molar-refractivity contribution in [2.45, 2.75) is 23.5 Å². The Morgan fingerprint density at radius 1 is 1.28 bits per heavy atom. The molecule has 0 spiro atoms. The number of hydrogen-bond donors (Lipinski definition) is 1. The number of aliphatic imine (C=N–C) groups is 1. The number of guanidine groups is 1. The van der Waals surface area contributed by atoms with Crippen LogP contribution in [0.1, 0.15) is 13.8 Å². The third-order valence-electron chi connectivity index (χ3n) is 4.31. The summed E-state index contributed by atoms with van der Waals surface area (Å²) < 4.78 is 47.9. The van der Waals surface area contributed by atoms with Crippen LogP contribution in [0.25, 0.3) is 0 Å². The van der Waals surface area contributed by atoms with Crippen LogP contribution in [0.2, 0.25) is 0 Å². The molecule has 1 heterocycles. The lowest BCUT2D eigenvalue weighted by Gasteiger charge is -2.39. The van der Waals surface area contributed by atoms with E-state index in [4.69, 9.17) is 0 Å². The van der Waals surface area contributed by atoms with E-state index in [0.29, 0.717) is 19.0 Å². The Hall–Kier alpha value is -1.61. The van der Waals surface area contributed by atoms with Crippen LogP contribution in [0.5, 0.6) is 0 Å². The van der Waals surface area contributed by atoms with Crippen LogP contribution in [-0.2, 0) is 19.7 Å². The molecule has 9 heteroatoms. The highest BCUT2D eigenvalue weighted by Gasteiger charge is 2.40. The Kier molecular flexibility index (Phi) is 5.78. The van der Waals surface area contributed by atoms with Crippen LogP contribution >= 0.6 is 0 Å². The molecular weight excluding hydrogens is 362 g/mol. The number of nitrogens with one attached hydrogen (secondary N) is 1. The van der Waals surface area contributed by atoms with Crippen LogP contribution < -0.4 is 5.32 Å². The average molecular weight is 388 g/mol. The van der Waals surface area contributed by atoms with Crippen molar-refractivity contribution in [3.8, 4) is 0 Å². The van der Waals surface area contributed by atoms with Crippen molar-refractivity contribution < 1.29 is 16.8 Å². The lowest BCUT2D eigenvalue weighted by Crippen LogP contribution is -2.57. The average Bonchev–Trinajstić information content (AvgIpc) is 2.55. The van der Waals surface area contributed by atoms with Gasteiger partial charge < -0.3 is 10.2 Å². The predicted molar refractivity (Wildman–Crippen MR) is 99.3 cm³/mol. The van der Waals surface area contributed by atoms with Crippen molar-refractivity contribution in [1.29, 1.82) is 0 Å². The molecule has 1 fully saturated rings. The van der Waals surface area contributed by atoms with Gasteiger partial charge in [-0.1, -0.05) is 18.2 Å². The largest absolute Gasteiger partial charge is 0.355 e. The van der Waals surface area contributed by atoms with E-state index < -0.39 is 24.4 Å². The first-order valence-electron chi connectivity index (χ1n) is 8.05. The quantitative estimate of drug-likeness (QED) is 0.599. The summed E-state index contributed by atoms with van der Waals surface area (Å²) in [4.78, 5) is 6.31. The molecular formula is C16H25N3O4S2. The molecule has 0 radical (unpaired) electrons. The van der Waals surface area contributed by atoms with E-state index in [2.05, 4.69) is 10.3 Å². The SMILES string of the molecule is CN=C(NCCS(=O)(=O)c1ccccc1)N1CCS(=O)(=O)C(C)(C)C1. The number of benzene rings is 1. The van der Waals surface area contributed by atoms with Gasteiger partial charge in [-0.3, -0.25) is 4.99 Å². The first-order chi connectivity index (χ1) is 11.6. The third kappa shape index (κ3) is 4.52. The molecule has 1 aliphatic heterocycles. The topological polar surface area (TPSA) is 95.9 Å². The van der Waals surface area contributed by atoms with Gasteiger partial charge in [0.2, 0.25) is 0 Å². The molecule has 2 rings (SSSR count). The van der Waals surface area contributed by atoms with Crippen molar-refractivity contribution in [3.05, 3.63) is 30.3 Å². The molecule has 1 aliphatic rings. The van der Waals surface area contributed by atoms with Crippen molar-refractivity contribution in [2.75, 3.05) is 38.2 Å². The summed E-state index contributed by atoms with van der Waals surface area (Å²) in [5.74, 6) is 0.514. The van der Waals surface area contributed by atoms with Gasteiger partial charge in [-0.25, -0.2) is 16.8 Å². The van der Waals surface area contributed by atoms with E-state index in [-0.39, 0.29) is 22.9 Å². The second-order valence-electron chi connectivity index (χ2n) is 6.61. The minimum atomic E-state index is -3.37. The Morgan fingerprint density at radius 2 is 1.92 bits per heavy atom.